The molecule has 1 heteroatoms. The lowest BCUT2D eigenvalue weighted by Crippen LogP contribution is -1.80. The Labute approximate surface area is 78.7 Å². The third-order valence-electron chi connectivity index (χ3n) is 1.41. The van der Waals surface area contributed by atoms with Crippen LogP contribution in [0.3, 0.4) is 0 Å². The van der Waals surface area contributed by atoms with E-state index in [0.717, 1.165) is 0 Å². The van der Waals surface area contributed by atoms with E-state index in [2.05, 4.69) is 49.6 Å². The van der Waals surface area contributed by atoms with Crippen LogP contribution in [0.25, 0.3) is 6.08 Å². The van der Waals surface area contributed by atoms with Gasteiger partial charge in [0.15, 0.2) is 0 Å². The van der Waals surface area contributed by atoms with Crippen LogP contribution in [-0.4, -0.2) is 5.25 Å². The molecule has 0 aliphatic rings. The molecule has 0 aromatic heterocycles. The predicted molar refractivity (Wildman–Crippen MR) is 58.2 cm³/mol. The van der Waals surface area contributed by atoms with Crippen molar-refractivity contribution in [2.45, 2.75) is 19.1 Å². The van der Waals surface area contributed by atoms with Crippen molar-refractivity contribution < 1.29 is 0 Å². The molecule has 0 aliphatic carbocycles. The van der Waals surface area contributed by atoms with Crippen molar-refractivity contribution in [2.24, 2.45) is 0 Å². The topological polar surface area (TPSA) is 0 Å². The Bertz CT molecular complexity index is 236. The molecule has 0 N–H and O–H groups in total. The summed E-state index contributed by atoms with van der Waals surface area (Å²) in [5, 5.41) is 2.82. The maximum Gasteiger partial charge on any atom is 0.00317 e. The van der Waals surface area contributed by atoms with Crippen LogP contribution in [0.4, 0.5) is 0 Å². The smallest absolute Gasteiger partial charge is 0.00317 e. The summed E-state index contributed by atoms with van der Waals surface area (Å²) < 4.78 is 0. The molecule has 0 fully saturated rings. The van der Waals surface area contributed by atoms with E-state index in [1.54, 1.807) is 0 Å². The minimum atomic E-state index is 0.671. The van der Waals surface area contributed by atoms with Crippen molar-refractivity contribution in [3.8, 4) is 0 Å². The second-order valence-electron chi connectivity index (χ2n) is 2.90. The predicted octanol–water partition coefficient (Wildman–Crippen LogP) is 3.80. The fourth-order valence-electron chi connectivity index (χ4n) is 0.839. The SMILES string of the molecule is CC(C)S/C=C/c1ccccc1. The van der Waals surface area contributed by atoms with Crippen molar-refractivity contribution in [3.63, 3.8) is 0 Å². The standard InChI is InChI=1S/C11H14S/c1-10(2)12-9-8-11-6-4-3-5-7-11/h3-10H,1-2H3/b9-8+. The van der Waals surface area contributed by atoms with Crippen LogP contribution in [0.5, 0.6) is 0 Å². The highest BCUT2D eigenvalue weighted by atomic mass is 32.2. The van der Waals surface area contributed by atoms with E-state index in [0.29, 0.717) is 5.25 Å². The van der Waals surface area contributed by atoms with Crippen LogP contribution in [0.2, 0.25) is 0 Å². The second-order valence-corrected chi connectivity index (χ2v) is 4.39. The van der Waals surface area contributed by atoms with Gasteiger partial charge in [-0.05, 0) is 17.0 Å². The average Bonchev–Trinajstić information content (AvgIpc) is 2.05. The van der Waals surface area contributed by atoms with Crippen molar-refractivity contribution in [2.75, 3.05) is 0 Å². The number of hydrogen-bond donors (Lipinski definition) is 0. The van der Waals surface area contributed by atoms with Gasteiger partial charge in [-0.3, -0.25) is 0 Å². The highest BCUT2D eigenvalue weighted by Gasteiger charge is 1.87. The number of thioether (sulfide) groups is 1. The molecule has 0 amide bonds. The molecule has 12 heavy (non-hydrogen) atoms. The Morgan fingerprint density at radius 3 is 2.42 bits per heavy atom. The molecule has 0 unspecified atom stereocenters. The zero-order valence-electron chi connectivity index (χ0n) is 7.53. The summed E-state index contributed by atoms with van der Waals surface area (Å²) in [6, 6.07) is 10.4. The second kappa shape index (κ2) is 5.04. The molecule has 1 aromatic carbocycles. The summed E-state index contributed by atoms with van der Waals surface area (Å²) in [5.74, 6) is 0. The van der Waals surface area contributed by atoms with Crippen molar-refractivity contribution >= 4 is 17.8 Å². The van der Waals surface area contributed by atoms with E-state index in [-0.39, 0.29) is 0 Å². The summed E-state index contributed by atoms with van der Waals surface area (Å²) in [7, 11) is 0. The lowest BCUT2D eigenvalue weighted by atomic mass is 10.2. The maximum absolute atomic E-state index is 2.19. The van der Waals surface area contributed by atoms with Gasteiger partial charge in [0.25, 0.3) is 0 Å². The summed E-state index contributed by atoms with van der Waals surface area (Å²) in [5.41, 5.74) is 1.27. The Kier molecular flexibility index (Phi) is 3.95. The first-order valence-corrected chi connectivity index (χ1v) is 5.10. The van der Waals surface area contributed by atoms with Gasteiger partial charge in [-0.2, -0.15) is 0 Å². The maximum atomic E-state index is 2.19. The van der Waals surface area contributed by atoms with Crippen molar-refractivity contribution in [3.05, 3.63) is 41.3 Å². The first-order chi connectivity index (χ1) is 5.79. The van der Waals surface area contributed by atoms with Gasteiger partial charge in [0, 0.05) is 5.25 Å². The van der Waals surface area contributed by atoms with Gasteiger partial charge in [-0.1, -0.05) is 44.2 Å². The minimum Gasteiger partial charge on any atom is -0.131 e. The fraction of sp³-hybridized carbons (Fsp3) is 0.273. The molecule has 0 spiro atoms. The van der Waals surface area contributed by atoms with Crippen LogP contribution < -0.4 is 0 Å². The lowest BCUT2D eigenvalue weighted by Gasteiger charge is -1.96. The Hall–Kier alpha value is -0.690. The van der Waals surface area contributed by atoms with Gasteiger partial charge in [-0.15, -0.1) is 11.8 Å². The monoisotopic (exact) mass is 178 g/mol. The van der Waals surface area contributed by atoms with Gasteiger partial charge in [0.1, 0.15) is 0 Å². The number of benzene rings is 1. The highest BCUT2D eigenvalue weighted by molar-refractivity contribution is 8.02. The van der Waals surface area contributed by atoms with Crippen LogP contribution >= 0.6 is 11.8 Å². The molecular weight excluding hydrogens is 164 g/mol. The summed E-state index contributed by atoms with van der Waals surface area (Å²) in [6.45, 7) is 4.39. The molecule has 0 heterocycles. The summed E-state index contributed by atoms with van der Waals surface area (Å²) in [6.07, 6.45) is 2.14. The van der Waals surface area contributed by atoms with Crippen molar-refractivity contribution in [1.29, 1.82) is 0 Å². The summed E-state index contributed by atoms with van der Waals surface area (Å²) in [4.78, 5) is 0. The zero-order chi connectivity index (χ0) is 8.81. The van der Waals surface area contributed by atoms with E-state index in [9.17, 15) is 0 Å². The zero-order valence-corrected chi connectivity index (χ0v) is 8.34. The van der Waals surface area contributed by atoms with E-state index in [1.807, 2.05) is 17.8 Å². The Morgan fingerprint density at radius 1 is 1.17 bits per heavy atom. The number of rotatable bonds is 3. The van der Waals surface area contributed by atoms with Crippen LogP contribution in [-0.2, 0) is 0 Å². The quantitative estimate of drug-likeness (QED) is 0.678. The summed E-state index contributed by atoms with van der Waals surface area (Å²) >= 11 is 1.85. The minimum absolute atomic E-state index is 0.671. The lowest BCUT2D eigenvalue weighted by molar-refractivity contribution is 1.12. The van der Waals surface area contributed by atoms with Crippen molar-refractivity contribution in [1.82, 2.24) is 0 Å². The van der Waals surface area contributed by atoms with Gasteiger partial charge in [-0.25, -0.2) is 0 Å². The molecule has 0 saturated heterocycles. The van der Waals surface area contributed by atoms with Gasteiger partial charge >= 0.3 is 0 Å². The largest absolute Gasteiger partial charge is 0.131 e. The molecule has 1 rings (SSSR count). The third-order valence-corrected chi connectivity index (χ3v) is 2.25. The molecule has 0 atom stereocenters. The third kappa shape index (κ3) is 3.63. The highest BCUT2D eigenvalue weighted by Crippen LogP contribution is 2.12. The van der Waals surface area contributed by atoms with E-state index >= 15 is 0 Å². The molecule has 0 nitrogen and oxygen atoms in total. The van der Waals surface area contributed by atoms with E-state index < -0.39 is 0 Å². The van der Waals surface area contributed by atoms with E-state index in [1.165, 1.54) is 5.56 Å². The molecule has 1 aromatic rings. The molecule has 0 saturated carbocycles. The fourth-order valence-corrected chi connectivity index (χ4v) is 1.39. The van der Waals surface area contributed by atoms with Gasteiger partial charge < -0.3 is 0 Å². The average molecular weight is 178 g/mol. The molecule has 0 bridgehead atoms. The van der Waals surface area contributed by atoms with Crippen LogP contribution in [0.1, 0.15) is 19.4 Å². The first kappa shape index (κ1) is 9.40. The first-order valence-electron chi connectivity index (χ1n) is 4.16. The Balaban J connectivity index is 2.47. The number of hydrogen-bond acceptors (Lipinski definition) is 1. The van der Waals surface area contributed by atoms with E-state index in [4.69, 9.17) is 0 Å². The molecular formula is C11H14S. The normalized spacial score (nSPS) is 11.2. The molecule has 0 aliphatic heterocycles. The van der Waals surface area contributed by atoms with Gasteiger partial charge in [0.05, 0.1) is 0 Å². The van der Waals surface area contributed by atoms with Crippen LogP contribution in [0, 0.1) is 0 Å². The van der Waals surface area contributed by atoms with Gasteiger partial charge in [0.2, 0.25) is 0 Å². The molecule has 0 radical (unpaired) electrons. The Morgan fingerprint density at radius 2 is 1.83 bits per heavy atom. The van der Waals surface area contributed by atoms with Crippen LogP contribution in [0.15, 0.2) is 35.7 Å². The molecule has 64 valence electrons.